The number of carbonyl (C=O) groups excluding carboxylic acids is 1. The molecule has 21 heavy (non-hydrogen) atoms. The summed E-state index contributed by atoms with van der Waals surface area (Å²) in [7, 11) is 1.58. The summed E-state index contributed by atoms with van der Waals surface area (Å²) >= 11 is 11.8. The number of halogens is 2. The van der Waals surface area contributed by atoms with Crippen molar-refractivity contribution in [2.75, 3.05) is 20.3 Å². The van der Waals surface area contributed by atoms with Crippen molar-refractivity contribution in [2.24, 2.45) is 0 Å². The Morgan fingerprint density at radius 2 is 2.00 bits per heavy atom. The molecule has 0 bridgehead atoms. The molecule has 0 unspecified atom stereocenters. The Morgan fingerprint density at radius 1 is 1.29 bits per heavy atom. The van der Waals surface area contributed by atoms with Gasteiger partial charge < -0.3 is 9.47 Å². The lowest BCUT2D eigenvalue weighted by molar-refractivity contribution is 0.0907. The van der Waals surface area contributed by atoms with E-state index in [4.69, 9.17) is 32.7 Å². The topological polar surface area (TPSA) is 53.4 Å². The highest BCUT2D eigenvalue weighted by molar-refractivity contribution is 6.33. The SMILES string of the molecule is COCCn1ncc(Cl)c1C(=O)COc1ccc(Cl)cc1. The second-order valence-corrected chi connectivity index (χ2v) is 5.07. The zero-order chi connectivity index (χ0) is 15.2. The van der Waals surface area contributed by atoms with E-state index < -0.39 is 0 Å². The minimum absolute atomic E-state index is 0.125. The van der Waals surface area contributed by atoms with Crippen molar-refractivity contribution in [2.45, 2.75) is 6.54 Å². The van der Waals surface area contributed by atoms with E-state index in [1.54, 1.807) is 31.4 Å². The highest BCUT2D eigenvalue weighted by Crippen LogP contribution is 2.18. The van der Waals surface area contributed by atoms with Gasteiger partial charge in [-0.3, -0.25) is 9.48 Å². The van der Waals surface area contributed by atoms with Crippen LogP contribution in [-0.2, 0) is 11.3 Å². The van der Waals surface area contributed by atoms with Gasteiger partial charge in [-0.05, 0) is 24.3 Å². The maximum atomic E-state index is 12.2. The lowest BCUT2D eigenvalue weighted by Crippen LogP contribution is -2.19. The molecule has 112 valence electrons. The molecule has 1 aromatic carbocycles. The van der Waals surface area contributed by atoms with Crippen molar-refractivity contribution < 1.29 is 14.3 Å². The van der Waals surface area contributed by atoms with Crippen molar-refractivity contribution >= 4 is 29.0 Å². The highest BCUT2D eigenvalue weighted by atomic mass is 35.5. The number of aromatic nitrogens is 2. The number of hydrogen-bond donors (Lipinski definition) is 0. The maximum Gasteiger partial charge on any atom is 0.219 e. The van der Waals surface area contributed by atoms with Crippen molar-refractivity contribution in [3.05, 3.63) is 46.2 Å². The standard InChI is InChI=1S/C14H14Cl2N2O3/c1-20-7-6-18-14(12(16)8-17-18)13(19)9-21-11-4-2-10(15)3-5-11/h2-5,8H,6-7,9H2,1H3. The first-order valence-corrected chi connectivity index (χ1v) is 6.99. The number of Topliss-reactive ketones (excluding diaryl/α,β-unsaturated/α-hetero) is 1. The van der Waals surface area contributed by atoms with Gasteiger partial charge in [0, 0.05) is 12.1 Å². The molecule has 1 heterocycles. The summed E-state index contributed by atoms with van der Waals surface area (Å²) < 4.78 is 11.9. The molecule has 0 saturated heterocycles. The van der Waals surface area contributed by atoms with Crippen LogP contribution in [0.5, 0.6) is 5.75 Å². The summed E-state index contributed by atoms with van der Waals surface area (Å²) in [4.78, 5) is 12.2. The summed E-state index contributed by atoms with van der Waals surface area (Å²) in [6.07, 6.45) is 1.44. The molecule has 1 aromatic heterocycles. The fourth-order valence-corrected chi connectivity index (χ4v) is 2.11. The third kappa shape index (κ3) is 4.20. The number of ketones is 1. The van der Waals surface area contributed by atoms with E-state index in [2.05, 4.69) is 5.10 Å². The average Bonchev–Trinajstić information content (AvgIpc) is 2.85. The minimum Gasteiger partial charge on any atom is -0.485 e. The van der Waals surface area contributed by atoms with E-state index in [0.29, 0.717) is 34.6 Å². The maximum absolute atomic E-state index is 12.2. The van der Waals surface area contributed by atoms with Gasteiger partial charge in [-0.2, -0.15) is 5.10 Å². The minimum atomic E-state index is -0.247. The van der Waals surface area contributed by atoms with E-state index in [9.17, 15) is 4.79 Å². The molecule has 2 rings (SSSR count). The molecule has 0 spiro atoms. The molecular weight excluding hydrogens is 315 g/mol. The molecular formula is C14H14Cl2N2O3. The van der Waals surface area contributed by atoms with E-state index in [1.165, 1.54) is 10.9 Å². The summed E-state index contributed by atoms with van der Waals surface area (Å²) in [5.41, 5.74) is 0.322. The second-order valence-electron chi connectivity index (χ2n) is 4.22. The molecule has 0 aliphatic carbocycles. The predicted molar refractivity (Wildman–Crippen MR) is 80.4 cm³/mol. The third-order valence-electron chi connectivity index (χ3n) is 2.75. The molecule has 0 N–H and O–H groups in total. The first-order valence-electron chi connectivity index (χ1n) is 6.23. The van der Waals surface area contributed by atoms with Crippen LogP contribution >= 0.6 is 23.2 Å². The zero-order valence-electron chi connectivity index (χ0n) is 11.4. The summed E-state index contributed by atoms with van der Waals surface area (Å²) in [6, 6.07) is 6.77. The first kappa shape index (κ1) is 15.8. The number of carbonyl (C=O) groups is 1. The van der Waals surface area contributed by atoms with Gasteiger partial charge in [-0.1, -0.05) is 23.2 Å². The van der Waals surface area contributed by atoms with Gasteiger partial charge in [0.15, 0.2) is 6.61 Å². The zero-order valence-corrected chi connectivity index (χ0v) is 12.9. The van der Waals surface area contributed by atoms with Crippen LogP contribution in [-0.4, -0.2) is 35.9 Å². The van der Waals surface area contributed by atoms with Crippen LogP contribution in [0.3, 0.4) is 0 Å². The Hall–Kier alpha value is -1.56. The van der Waals surface area contributed by atoms with Crippen LogP contribution in [0.4, 0.5) is 0 Å². The number of ether oxygens (including phenoxy) is 2. The van der Waals surface area contributed by atoms with Gasteiger partial charge in [0.25, 0.3) is 0 Å². The van der Waals surface area contributed by atoms with Gasteiger partial charge in [-0.25, -0.2) is 0 Å². The van der Waals surface area contributed by atoms with E-state index in [1.807, 2.05) is 0 Å². The summed E-state index contributed by atoms with van der Waals surface area (Å²) in [5.74, 6) is 0.315. The Bertz CT molecular complexity index is 611. The number of rotatable bonds is 7. The van der Waals surface area contributed by atoms with Gasteiger partial charge in [-0.15, -0.1) is 0 Å². The molecule has 0 atom stereocenters. The van der Waals surface area contributed by atoms with Gasteiger partial charge in [0.2, 0.25) is 5.78 Å². The lowest BCUT2D eigenvalue weighted by atomic mass is 10.3. The molecule has 0 aliphatic rings. The first-order chi connectivity index (χ1) is 10.1. The van der Waals surface area contributed by atoms with Gasteiger partial charge >= 0.3 is 0 Å². The largest absolute Gasteiger partial charge is 0.485 e. The quantitative estimate of drug-likeness (QED) is 0.733. The smallest absolute Gasteiger partial charge is 0.219 e. The number of nitrogens with zero attached hydrogens (tertiary/aromatic N) is 2. The van der Waals surface area contributed by atoms with Crippen LogP contribution in [0.2, 0.25) is 10.0 Å². The average molecular weight is 329 g/mol. The molecule has 0 radical (unpaired) electrons. The molecule has 2 aromatic rings. The lowest BCUT2D eigenvalue weighted by Gasteiger charge is -2.08. The van der Waals surface area contributed by atoms with Crippen LogP contribution in [0.15, 0.2) is 30.5 Å². The summed E-state index contributed by atoms with van der Waals surface area (Å²) in [5, 5.41) is 4.96. The van der Waals surface area contributed by atoms with Crippen LogP contribution in [0.1, 0.15) is 10.5 Å². The third-order valence-corrected chi connectivity index (χ3v) is 3.28. The van der Waals surface area contributed by atoms with E-state index >= 15 is 0 Å². The molecule has 0 saturated carbocycles. The molecule has 0 amide bonds. The fourth-order valence-electron chi connectivity index (χ4n) is 1.74. The molecule has 0 aliphatic heterocycles. The van der Waals surface area contributed by atoms with Crippen molar-refractivity contribution in [1.29, 1.82) is 0 Å². The number of benzene rings is 1. The Labute approximate surface area is 132 Å². The van der Waals surface area contributed by atoms with Crippen molar-refractivity contribution in [1.82, 2.24) is 9.78 Å². The molecule has 7 heteroatoms. The molecule has 5 nitrogen and oxygen atoms in total. The van der Waals surface area contributed by atoms with Crippen LogP contribution < -0.4 is 4.74 Å². The Morgan fingerprint density at radius 3 is 2.67 bits per heavy atom. The van der Waals surface area contributed by atoms with Crippen molar-refractivity contribution in [3.8, 4) is 5.75 Å². The Balaban J connectivity index is 2.02. The predicted octanol–water partition coefficient (Wildman–Crippen LogP) is 3.10. The van der Waals surface area contributed by atoms with E-state index in [0.717, 1.165) is 0 Å². The summed E-state index contributed by atoms with van der Waals surface area (Å²) in [6.45, 7) is 0.765. The monoisotopic (exact) mass is 328 g/mol. The molecule has 0 fully saturated rings. The number of methoxy groups -OCH3 is 1. The van der Waals surface area contributed by atoms with Crippen LogP contribution in [0.25, 0.3) is 0 Å². The van der Waals surface area contributed by atoms with Crippen molar-refractivity contribution in [3.63, 3.8) is 0 Å². The van der Waals surface area contributed by atoms with Gasteiger partial charge in [0.1, 0.15) is 11.4 Å². The second kappa shape index (κ2) is 7.45. The fraction of sp³-hybridized carbons (Fsp3) is 0.286. The Kier molecular flexibility index (Phi) is 5.61. The number of hydrogen-bond acceptors (Lipinski definition) is 4. The normalized spacial score (nSPS) is 10.6. The van der Waals surface area contributed by atoms with Gasteiger partial charge in [0.05, 0.1) is 24.4 Å². The van der Waals surface area contributed by atoms with E-state index in [-0.39, 0.29) is 12.4 Å². The van der Waals surface area contributed by atoms with Crippen LogP contribution in [0, 0.1) is 0 Å². The highest BCUT2D eigenvalue weighted by Gasteiger charge is 2.18.